The Morgan fingerprint density at radius 2 is 0.605 bits per heavy atom. The highest BCUT2D eigenvalue weighted by Gasteiger charge is 2.66. The molecule has 16 rings (SSSR count). The maximum atomic E-state index is 13.9. The Balaban J connectivity index is 0.000000207. The van der Waals surface area contributed by atoms with E-state index >= 15 is 0 Å². The second-order valence-corrected chi connectivity index (χ2v) is 37.1. The largest absolute Gasteiger partial charge is 0.370 e. The number of imide groups is 1. The topological polar surface area (TPSA) is 219 Å². The summed E-state index contributed by atoms with van der Waals surface area (Å²) < 4.78 is 84.6. The van der Waals surface area contributed by atoms with Gasteiger partial charge < -0.3 is 29.4 Å². The number of carbonyl (C=O) groups excluding carboxylic acids is 6. The third-order valence-corrected chi connectivity index (χ3v) is 29.1. The highest BCUT2D eigenvalue weighted by molar-refractivity contribution is 7.90. The van der Waals surface area contributed by atoms with Crippen LogP contribution in [0.4, 0.5) is 42.0 Å². The molecule has 0 unspecified atom stereocenters. The number of benzene rings is 5. The summed E-state index contributed by atoms with van der Waals surface area (Å²) in [4.78, 5) is 92.3. The van der Waals surface area contributed by atoms with Crippen molar-refractivity contribution in [3.8, 4) is 0 Å². The van der Waals surface area contributed by atoms with Crippen LogP contribution in [0.25, 0.3) is 0 Å². The first kappa shape index (κ1) is 103. The van der Waals surface area contributed by atoms with Gasteiger partial charge in [0.2, 0.25) is 0 Å². The normalized spacial score (nSPS) is 20.5. The minimum Gasteiger partial charge on any atom is -0.330 e. The molecule has 0 atom stereocenters. The maximum absolute atomic E-state index is 13.9. The van der Waals surface area contributed by atoms with Gasteiger partial charge in [0.05, 0.1) is 7.11 Å². The molecule has 0 N–H and O–H groups in total. The van der Waals surface area contributed by atoms with Crippen LogP contribution in [0.3, 0.4) is 0 Å². The summed E-state index contributed by atoms with van der Waals surface area (Å²) in [7, 11) is -1.05. The van der Waals surface area contributed by atoms with Crippen LogP contribution in [0.5, 0.6) is 0 Å². The summed E-state index contributed by atoms with van der Waals surface area (Å²) >= 11 is 27.4. The average molecular weight is 1840 g/mol. The fourth-order valence-corrected chi connectivity index (χ4v) is 22.7. The van der Waals surface area contributed by atoms with Crippen molar-refractivity contribution in [2.45, 2.75) is 296 Å². The zero-order valence-corrected chi connectivity index (χ0v) is 81.2. The highest BCUT2D eigenvalue weighted by Crippen LogP contribution is 2.53. The van der Waals surface area contributed by atoms with Crippen LogP contribution in [-0.4, -0.2) is 185 Å². The number of amides is 7. The molecule has 5 saturated heterocycles. The molecule has 124 heavy (non-hydrogen) atoms. The number of halogens is 2. The fourth-order valence-electron chi connectivity index (χ4n) is 18.1. The van der Waals surface area contributed by atoms with Crippen LogP contribution in [-0.2, 0) is 48.7 Å². The van der Waals surface area contributed by atoms with E-state index in [1.807, 2.05) is 219 Å². The molecule has 5 aliphatic heterocycles. The number of thiocarbonyl (C=S) groups is 5. The molecule has 0 radical (unpaired) electrons. The Labute approximate surface area is 763 Å². The maximum Gasteiger partial charge on any atom is 0.370 e. The summed E-state index contributed by atoms with van der Waals surface area (Å²) in [6.07, 6.45) is 23.8. The molecule has 0 aromatic heterocycles. The second kappa shape index (κ2) is 44.7. The molecule has 0 bridgehead atoms. The lowest BCUT2D eigenvalue weighted by Crippen LogP contribution is -2.51. The van der Waals surface area contributed by atoms with Crippen LogP contribution >= 0.6 is 61.1 Å². The molecular weight excluding hydrogens is 1710 g/mol. The molecule has 5 spiro atoms. The SMILES string of the molecule is CC.CC.CC.CC.CC.CC(F)(F)N1C(=O)C2(CCCCC2)N(c2ccccc2)C1=S.CC1(N2C(=O)C3(CCCCC3)N(c3ccccc3)C2=S)CC1.CN(C)C(=O)N1C(=O)C2(CCCCC2)N(c2ccccc2)C1=S.CN(C)S(=O)(=O)N1C(=O)C2(CCCCC2)N(c2ccccc2)C1=S.COS(=O)(=O)N1C(=O)C2(CCCCC2)N(c2ccccc2)C1=S. The lowest BCUT2D eigenvalue weighted by Gasteiger charge is -2.39. The Hall–Kier alpha value is -7.95. The third kappa shape index (κ3) is 20.3. The molecule has 11 fully saturated rings. The molecular formula is C92H130F2N12O11S7. The lowest BCUT2D eigenvalue weighted by atomic mass is 9.80. The standard InChI is InChI=1S/C18H22N2OS.C17H21N3O2S.C16H18F2N2OS.C16H21N3O3S2.C15H18N2O4S2.5C2H6/c1-17(12-13-17)20-15(21)18(10-6-3-7-11-18)19(16(20)22)14-8-4-2-5-9-14;1-18(2)15(22)19-14(21)17(11-7-4-8-12-17)20(16(19)23)13-9-5-3-6-10-13;1-15(17,18)20-13(21)16(10-6-3-7-11-16)19(14(20)22)12-8-4-2-5-9-12;1-17(2)24(21,22)19-14(20)16(11-7-4-8-12-16)18(15(19)23)13-9-5-3-6-10-13;1-21-23(19,20)17-13(18)15(10-6-3-7-11-15)16(14(17)22)12-8-4-2-5-9-12;5*1-2/h2,4-5,8-9H,3,6-7,10-13H2,1H3;3,5-6,9-10H,4,7-8,11-12H2,1-2H3;2,4-5,8-9H,3,6-7,10-11H2,1H3;3,5-6,9-10H,4,7-8,11-12H2,1-2H3;2,4-5,8-9H,3,6-7,10-11H2,1H3;5*1-2H3. The van der Waals surface area contributed by atoms with Crippen LogP contribution in [0.15, 0.2) is 152 Å². The molecule has 23 nitrogen and oxygen atoms in total. The van der Waals surface area contributed by atoms with E-state index in [4.69, 9.17) is 61.1 Å². The van der Waals surface area contributed by atoms with E-state index in [0.29, 0.717) is 58.5 Å². The number of para-hydroxylation sites is 5. The Kier molecular flexibility index (Phi) is 37.1. The van der Waals surface area contributed by atoms with E-state index in [1.165, 1.54) is 30.3 Å². The fraction of sp³-hybridized carbons (Fsp3) is 0.554. The lowest BCUT2D eigenvalue weighted by molar-refractivity contribution is -0.154. The minimum atomic E-state index is -4.21. The van der Waals surface area contributed by atoms with Gasteiger partial charge in [-0.25, -0.2) is 14.6 Å². The van der Waals surface area contributed by atoms with Crippen molar-refractivity contribution >= 4 is 171 Å². The summed E-state index contributed by atoms with van der Waals surface area (Å²) in [6.45, 7) is 22.9. The van der Waals surface area contributed by atoms with Crippen molar-refractivity contribution in [1.82, 2.24) is 32.5 Å². The second-order valence-electron chi connectivity index (χ2n) is 31.7. The predicted molar refractivity (Wildman–Crippen MR) is 514 cm³/mol. The molecule has 6 saturated carbocycles. The third-order valence-electron chi connectivity index (χ3n) is 24.1. The zero-order chi connectivity index (χ0) is 92.1. The number of nitrogens with zero attached hydrogens (tertiary/aromatic N) is 12. The molecule has 6 aliphatic carbocycles. The first-order valence-electron chi connectivity index (χ1n) is 44.2. The van der Waals surface area contributed by atoms with Gasteiger partial charge in [-0.2, -0.15) is 38.5 Å². The van der Waals surface area contributed by atoms with Crippen molar-refractivity contribution in [2.24, 2.45) is 0 Å². The van der Waals surface area contributed by atoms with Gasteiger partial charge in [-0.1, -0.05) is 257 Å². The van der Waals surface area contributed by atoms with Crippen LogP contribution in [0.2, 0.25) is 0 Å². The first-order valence-corrected chi connectivity index (χ1v) is 49.0. The van der Waals surface area contributed by atoms with Gasteiger partial charge in [0.25, 0.3) is 29.5 Å². The van der Waals surface area contributed by atoms with Gasteiger partial charge >= 0.3 is 32.6 Å². The predicted octanol–water partition coefficient (Wildman–Crippen LogP) is 20.3. The van der Waals surface area contributed by atoms with Crippen molar-refractivity contribution in [3.63, 3.8) is 0 Å². The van der Waals surface area contributed by atoms with Gasteiger partial charge in [-0.05, 0) is 206 Å². The van der Waals surface area contributed by atoms with Crippen LogP contribution < -0.4 is 24.5 Å². The average Bonchev–Trinajstić information content (AvgIpc) is 1.55. The van der Waals surface area contributed by atoms with Crippen LogP contribution in [0, 0.1) is 0 Å². The van der Waals surface area contributed by atoms with Gasteiger partial charge in [-0.3, -0.25) is 33.1 Å². The van der Waals surface area contributed by atoms with E-state index in [-0.39, 0.29) is 38.7 Å². The van der Waals surface area contributed by atoms with Crippen LogP contribution in [0.1, 0.15) is 256 Å². The van der Waals surface area contributed by atoms with Gasteiger partial charge in [0.1, 0.15) is 27.7 Å². The van der Waals surface area contributed by atoms with E-state index in [2.05, 4.69) is 28.1 Å². The van der Waals surface area contributed by atoms with E-state index in [1.54, 1.807) is 28.8 Å². The van der Waals surface area contributed by atoms with Gasteiger partial charge in [-0.15, -0.1) is 0 Å². The highest BCUT2D eigenvalue weighted by atomic mass is 32.2. The molecule has 5 heterocycles. The van der Waals surface area contributed by atoms with Crippen molar-refractivity contribution in [3.05, 3.63) is 152 Å². The van der Waals surface area contributed by atoms with Crippen molar-refractivity contribution in [2.75, 3.05) is 59.8 Å². The molecule has 32 heteroatoms. The molecule has 5 aromatic rings. The number of anilines is 5. The Bertz CT molecular complexity index is 4620. The van der Waals surface area contributed by atoms with E-state index in [9.17, 15) is 54.4 Å². The van der Waals surface area contributed by atoms with E-state index in [0.717, 1.165) is 179 Å². The summed E-state index contributed by atoms with van der Waals surface area (Å²) in [5.74, 6) is -1.42. The number of hydrogen-bond donors (Lipinski definition) is 0. The monoisotopic (exact) mass is 1840 g/mol. The quantitative estimate of drug-likeness (QED) is 0.0886. The number of rotatable bonds is 11. The molecule has 11 aliphatic rings. The summed E-state index contributed by atoms with van der Waals surface area (Å²) in [5, 5.41) is 0.928. The van der Waals surface area contributed by atoms with Gasteiger partial charge in [0.15, 0.2) is 25.6 Å². The van der Waals surface area contributed by atoms with Crippen molar-refractivity contribution in [1.29, 1.82) is 0 Å². The number of carbonyl (C=O) groups is 6. The number of hydrogen-bond acceptors (Lipinski definition) is 16. The smallest absolute Gasteiger partial charge is 0.330 e. The van der Waals surface area contributed by atoms with Gasteiger partial charge in [0, 0.05) is 69.1 Å². The zero-order valence-electron chi connectivity index (χ0n) is 75.5. The molecule has 5 aromatic carbocycles. The summed E-state index contributed by atoms with van der Waals surface area (Å²) in [6, 6.07) is 43.9. The Morgan fingerprint density at radius 3 is 0.879 bits per heavy atom. The minimum absolute atomic E-state index is 0.0371. The molecule has 680 valence electrons. The number of urea groups is 1. The first-order chi connectivity index (χ1) is 59.2. The summed E-state index contributed by atoms with van der Waals surface area (Å²) in [5.41, 5.74) is 0.187. The van der Waals surface area contributed by atoms with E-state index < -0.39 is 72.0 Å². The number of alkyl halides is 2. The Morgan fingerprint density at radius 1 is 0.355 bits per heavy atom. The van der Waals surface area contributed by atoms with Crippen molar-refractivity contribution < 1.29 is 58.6 Å². The molecule has 7 amide bonds.